The van der Waals surface area contributed by atoms with E-state index in [2.05, 4.69) is 15.9 Å². The lowest BCUT2D eigenvalue weighted by molar-refractivity contribution is 0.204. The molecule has 1 N–H and O–H groups in total. The van der Waals surface area contributed by atoms with Crippen LogP contribution in [0.1, 0.15) is 17.2 Å². The standard InChI is InChI=1S/C15H15BrO2/c16-10-15(17)13-7-4-8-14(9-13)18-11-12-5-2-1-3-6-12/h1-9,15,17H,10-11H2. The predicted octanol–water partition coefficient (Wildman–Crippen LogP) is 3.69. The molecule has 2 rings (SSSR count). The zero-order valence-electron chi connectivity index (χ0n) is 9.92. The molecule has 0 aliphatic carbocycles. The summed E-state index contributed by atoms with van der Waals surface area (Å²) < 4.78 is 5.70. The van der Waals surface area contributed by atoms with Gasteiger partial charge in [-0.1, -0.05) is 58.4 Å². The van der Waals surface area contributed by atoms with E-state index in [1.165, 1.54) is 0 Å². The molecule has 0 fully saturated rings. The molecule has 18 heavy (non-hydrogen) atoms. The highest BCUT2D eigenvalue weighted by atomic mass is 79.9. The highest BCUT2D eigenvalue weighted by molar-refractivity contribution is 9.09. The molecule has 0 spiro atoms. The molecule has 0 bridgehead atoms. The van der Waals surface area contributed by atoms with Crippen LogP contribution < -0.4 is 4.74 Å². The Hall–Kier alpha value is -1.32. The fourth-order valence-corrected chi connectivity index (χ4v) is 2.02. The van der Waals surface area contributed by atoms with Crippen LogP contribution >= 0.6 is 15.9 Å². The van der Waals surface area contributed by atoms with Crippen LogP contribution in [0.15, 0.2) is 54.6 Å². The summed E-state index contributed by atoms with van der Waals surface area (Å²) in [5, 5.41) is 10.3. The van der Waals surface area contributed by atoms with Crippen LogP contribution in [-0.2, 0) is 6.61 Å². The van der Waals surface area contributed by atoms with Gasteiger partial charge < -0.3 is 9.84 Å². The highest BCUT2D eigenvalue weighted by Gasteiger charge is 2.06. The predicted molar refractivity (Wildman–Crippen MR) is 76.0 cm³/mol. The molecule has 0 saturated heterocycles. The number of halogens is 1. The van der Waals surface area contributed by atoms with E-state index in [0.29, 0.717) is 11.9 Å². The van der Waals surface area contributed by atoms with Gasteiger partial charge in [-0.3, -0.25) is 0 Å². The summed E-state index contributed by atoms with van der Waals surface area (Å²) in [5.41, 5.74) is 1.99. The SMILES string of the molecule is OC(CBr)c1cccc(OCc2ccccc2)c1. The molecular weight excluding hydrogens is 292 g/mol. The average Bonchev–Trinajstić information content (AvgIpc) is 2.45. The first-order chi connectivity index (χ1) is 8.79. The number of hydrogen-bond donors (Lipinski definition) is 1. The maximum atomic E-state index is 9.74. The van der Waals surface area contributed by atoms with E-state index in [1.807, 2.05) is 54.6 Å². The maximum absolute atomic E-state index is 9.74. The lowest BCUT2D eigenvalue weighted by atomic mass is 10.1. The molecule has 0 amide bonds. The molecule has 2 aromatic carbocycles. The fourth-order valence-electron chi connectivity index (χ4n) is 1.64. The Bertz CT molecular complexity index is 485. The molecule has 0 aromatic heterocycles. The van der Waals surface area contributed by atoms with E-state index in [-0.39, 0.29) is 0 Å². The summed E-state index contributed by atoms with van der Waals surface area (Å²) in [6, 6.07) is 17.6. The Morgan fingerprint density at radius 3 is 2.56 bits per heavy atom. The second kappa shape index (κ2) is 6.57. The van der Waals surface area contributed by atoms with Crippen LogP contribution in [-0.4, -0.2) is 10.4 Å². The monoisotopic (exact) mass is 306 g/mol. The van der Waals surface area contributed by atoms with E-state index in [1.54, 1.807) is 0 Å². The van der Waals surface area contributed by atoms with E-state index in [0.717, 1.165) is 16.9 Å². The van der Waals surface area contributed by atoms with Crippen LogP contribution in [0.2, 0.25) is 0 Å². The summed E-state index contributed by atoms with van der Waals surface area (Å²) >= 11 is 3.26. The van der Waals surface area contributed by atoms with Crippen molar-refractivity contribution in [3.63, 3.8) is 0 Å². The Labute approximate surface area is 115 Å². The number of aliphatic hydroxyl groups is 1. The minimum atomic E-state index is -0.495. The van der Waals surface area contributed by atoms with E-state index in [4.69, 9.17) is 4.74 Å². The first kappa shape index (κ1) is 13.1. The molecule has 94 valence electrons. The second-order valence-electron chi connectivity index (χ2n) is 4.02. The van der Waals surface area contributed by atoms with E-state index >= 15 is 0 Å². The molecule has 0 aliphatic rings. The van der Waals surface area contributed by atoms with Crippen molar-refractivity contribution in [2.75, 3.05) is 5.33 Å². The lowest BCUT2D eigenvalue weighted by Gasteiger charge is -2.10. The number of aliphatic hydroxyl groups excluding tert-OH is 1. The zero-order chi connectivity index (χ0) is 12.8. The molecule has 0 saturated carbocycles. The average molecular weight is 307 g/mol. The van der Waals surface area contributed by atoms with Crippen molar-refractivity contribution in [3.05, 3.63) is 65.7 Å². The normalized spacial score (nSPS) is 12.1. The van der Waals surface area contributed by atoms with Crippen molar-refractivity contribution in [2.45, 2.75) is 12.7 Å². The highest BCUT2D eigenvalue weighted by Crippen LogP contribution is 2.21. The summed E-state index contributed by atoms with van der Waals surface area (Å²) in [6.07, 6.45) is -0.495. The van der Waals surface area contributed by atoms with Gasteiger partial charge in [-0.2, -0.15) is 0 Å². The molecule has 3 heteroatoms. The van der Waals surface area contributed by atoms with Gasteiger partial charge in [0.1, 0.15) is 12.4 Å². The molecular formula is C15H15BrO2. The fraction of sp³-hybridized carbons (Fsp3) is 0.200. The largest absolute Gasteiger partial charge is 0.489 e. The van der Waals surface area contributed by atoms with Gasteiger partial charge in [-0.25, -0.2) is 0 Å². The van der Waals surface area contributed by atoms with Gasteiger partial charge in [0.05, 0.1) is 6.10 Å². The van der Waals surface area contributed by atoms with Gasteiger partial charge in [0.2, 0.25) is 0 Å². The molecule has 1 atom stereocenters. The molecule has 0 radical (unpaired) electrons. The smallest absolute Gasteiger partial charge is 0.120 e. The minimum Gasteiger partial charge on any atom is -0.489 e. The van der Waals surface area contributed by atoms with Crippen molar-refractivity contribution < 1.29 is 9.84 Å². The summed E-state index contributed by atoms with van der Waals surface area (Å²) in [4.78, 5) is 0. The van der Waals surface area contributed by atoms with Crippen molar-refractivity contribution in [1.82, 2.24) is 0 Å². The van der Waals surface area contributed by atoms with Gasteiger partial charge in [0, 0.05) is 5.33 Å². The Balaban J connectivity index is 2.01. The van der Waals surface area contributed by atoms with Crippen LogP contribution in [0, 0.1) is 0 Å². The van der Waals surface area contributed by atoms with Crippen molar-refractivity contribution in [1.29, 1.82) is 0 Å². The summed E-state index contributed by atoms with van der Waals surface area (Å²) in [6.45, 7) is 0.536. The maximum Gasteiger partial charge on any atom is 0.120 e. The second-order valence-corrected chi connectivity index (χ2v) is 4.66. The zero-order valence-corrected chi connectivity index (χ0v) is 11.5. The van der Waals surface area contributed by atoms with Crippen LogP contribution in [0.4, 0.5) is 0 Å². The number of ether oxygens (including phenoxy) is 1. The third kappa shape index (κ3) is 3.59. The number of alkyl halides is 1. The Kier molecular flexibility index (Phi) is 4.79. The minimum absolute atomic E-state index is 0.495. The molecule has 0 heterocycles. The molecule has 2 nitrogen and oxygen atoms in total. The van der Waals surface area contributed by atoms with Crippen molar-refractivity contribution in [2.24, 2.45) is 0 Å². The number of rotatable bonds is 5. The number of hydrogen-bond acceptors (Lipinski definition) is 2. The Morgan fingerprint density at radius 2 is 1.83 bits per heavy atom. The van der Waals surface area contributed by atoms with E-state index in [9.17, 15) is 5.11 Å². The van der Waals surface area contributed by atoms with Crippen LogP contribution in [0.3, 0.4) is 0 Å². The lowest BCUT2D eigenvalue weighted by Crippen LogP contribution is -2.00. The van der Waals surface area contributed by atoms with Gasteiger partial charge >= 0.3 is 0 Å². The molecule has 0 aliphatic heterocycles. The van der Waals surface area contributed by atoms with Gasteiger partial charge in [0.25, 0.3) is 0 Å². The van der Waals surface area contributed by atoms with Crippen LogP contribution in [0.5, 0.6) is 5.75 Å². The van der Waals surface area contributed by atoms with Crippen molar-refractivity contribution >= 4 is 15.9 Å². The number of benzene rings is 2. The Morgan fingerprint density at radius 1 is 1.06 bits per heavy atom. The first-order valence-electron chi connectivity index (χ1n) is 5.80. The molecule has 2 aromatic rings. The third-order valence-electron chi connectivity index (χ3n) is 2.64. The van der Waals surface area contributed by atoms with Crippen molar-refractivity contribution in [3.8, 4) is 5.75 Å². The van der Waals surface area contributed by atoms with Crippen LogP contribution in [0.25, 0.3) is 0 Å². The summed E-state index contributed by atoms with van der Waals surface area (Å²) in [5.74, 6) is 0.774. The van der Waals surface area contributed by atoms with Gasteiger partial charge in [-0.15, -0.1) is 0 Å². The first-order valence-corrected chi connectivity index (χ1v) is 6.92. The summed E-state index contributed by atoms with van der Waals surface area (Å²) in [7, 11) is 0. The molecule has 1 unspecified atom stereocenters. The quantitative estimate of drug-likeness (QED) is 0.854. The third-order valence-corrected chi connectivity index (χ3v) is 3.25. The van der Waals surface area contributed by atoms with Gasteiger partial charge in [-0.05, 0) is 23.3 Å². The van der Waals surface area contributed by atoms with E-state index < -0.39 is 6.10 Å². The topological polar surface area (TPSA) is 29.5 Å². The van der Waals surface area contributed by atoms with Gasteiger partial charge in [0.15, 0.2) is 0 Å².